The van der Waals surface area contributed by atoms with E-state index in [1.165, 1.54) is 46.6 Å². The summed E-state index contributed by atoms with van der Waals surface area (Å²) in [5, 5.41) is 2.58. The molecule has 9 heteroatoms. The van der Waals surface area contributed by atoms with Crippen molar-refractivity contribution in [1.82, 2.24) is 0 Å². The van der Waals surface area contributed by atoms with Crippen molar-refractivity contribution in [1.29, 1.82) is 0 Å². The highest BCUT2D eigenvalue weighted by Crippen LogP contribution is 2.38. The van der Waals surface area contributed by atoms with Gasteiger partial charge in [0.1, 0.15) is 0 Å². The van der Waals surface area contributed by atoms with Crippen LogP contribution in [0, 0.1) is 6.92 Å². The molecule has 0 radical (unpaired) electrons. The average Bonchev–Trinajstić information content (AvgIpc) is 2.75. The summed E-state index contributed by atoms with van der Waals surface area (Å²) >= 11 is 0. The number of anilines is 1. The predicted octanol–water partition coefficient (Wildman–Crippen LogP) is 2.60. The summed E-state index contributed by atoms with van der Waals surface area (Å²) in [6.45, 7) is 1.50. The van der Waals surface area contributed by atoms with Gasteiger partial charge in [0.2, 0.25) is 5.75 Å². The molecule has 160 valence electrons. The molecule has 0 saturated heterocycles. The maximum Gasteiger partial charge on any atom is 0.337 e. The molecule has 0 aliphatic carbocycles. The second-order valence-electron chi connectivity index (χ2n) is 6.12. The Morgan fingerprint density at radius 3 is 1.73 bits per heavy atom. The summed E-state index contributed by atoms with van der Waals surface area (Å²) in [4.78, 5) is 36.1. The molecule has 0 spiro atoms. The molecular formula is C21H23NO8. The third kappa shape index (κ3) is 5.40. The molecule has 0 bridgehead atoms. The van der Waals surface area contributed by atoms with Gasteiger partial charge in [-0.15, -0.1) is 0 Å². The summed E-state index contributed by atoms with van der Waals surface area (Å²) in [6.07, 6.45) is 0. The number of benzene rings is 2. The number of aryl methyl sites for hydroxylation is 1. The molecule has 1 N–H and O–H groups in total. The molecule has 1 amide bonds. The van der Waals surface area contributed by atoms with Crippen molar-refractivity contribution in [3.63, 3.8) is 0 Å². The fourth-order valence-corrected chi connectivity index (χ4v) is 2.66. The fraction of sp³-hybridized carbons (Fsp3) is 0.286. The largest absolute Gasteiger partial charge is 0.493 e. The quantitative estimate of drug-likeness (QED) is 0.653. The number of carbonyl (C=O) groups is 3. The maximum absolute atomic E-state index is 12.4. The van der Waals surface area contributed by atoms with Gasteiger partial charge in [0.15, 0.2) is 18.1 Å². The highest BCUT2D eigenvalue weighted by molar-refractivity contribution is 5.99. The van der Waals surface area contributed by atoms with E-state index in [0.29, 0.717) is 11.5 Å². The zero-order valence-electron chi connectivity index (χ0n) is 17.4. The lowest BCUT2D eigenvalue weighted by molar-refractivity contribution is -0.118. The molecule has 0 atom stereocenters. The Labute approximate surface area is 173 Å². The summed E-state index contributed by atoms with van der Waals surface area (Å²) in [5.74, 6) is -0.749. The zero-order valence-corrected chi connectivity index (χ0v) is 17.4. The molecule has 0 aliphatic rings. The predicted molar refractivity (Wildman–Crippen MR) is 108 cm³/mol. The van der Waals surface area contributed by atoms with Gasteiger partial charge in [-0.1, -0.05) is 0 Å². The van der Waals surface area contributed by atoms with Gasteiger partial charge in [-0.25, -0.2) is 9.59 Å². The Hall–Kier alpha value is -3.75. The van der Waals surface area contributed by atoms with Crippen LogP contribution in [-0.4, -0.2) is 52.9 Å². The topological polar surface area (TPSA) is 109 Å². The lowest BCUT2D eigenvalue weighted by Crippen LogP contribution is -2.21. The van der Waals surface area contributed by atoms with Crippen LogP contribution in [0.3, 0.4) is 0 Å². The van der Waals surface area contributed by atoms with E-state index < -0.39 is 17.8 Å². The molecule has 2 aromatic carbocycles. The van der Waals surface area contributed by atoms with E-state index in [9.17, 15) is 14.4 Å². The first kappa shape index (κ1) is 22.5. The first-order valence-corrected chi connectivity index (χ1v) is 8.79. The summed E-state index contributed by atoms with van der Waals surface area (Å²) < 4.78 is 25.5. The number of amides is 1. The number of esters is 2. The Kier molecular flexibility index (Phi) is 7.62. The summed E-state index contributed by atoms with van der Waals surface area (Å²) in [7, 11) is 5.38. The van der Waals surface area contributed by atoms with Crippen LogP contribution in [0.5, 0.6) is 17.2 Å². The Balaban J connectivity index is 2.21. The number of carbonyl (C=O) groups excluding carboxylic acids is 3. The van der Waals surface area contributed by atoms with Crippen LogP contribution < -0.4 is 19.5 Å². The number of rotatable bonds is 8. The van der Waals surface area contributed by atoms with Crippen molar-refractivity contribution in [3.8, 4) is 17.2 Å². The highest BCUT2D eigenvalue weighted by Gasteiger charge is 2.17. The minimum atomic E-state index is -0.665. The van der Waals surface area contributed by atoms with Crippen LogP contribution in [0.1, 0.15) is 26.3 Å². The normalized spacial score (nSPS) is 10.0. The van der Waals surface area contributed by atoms with E-state index in [-0.39, 0.29) is 29.2 Å². The van der Waals surface area contributed by atoms with Gasteiger partial charge in [0, 0.05) is 5.69 Å². The second kappa shape index (κ2) is 10.1. The molecule has 2 aromatic rings. The Morgan fingerprint density at radius 2 is 1.30 bits per heavy atom. The van der Waals surface area contributed by atoms with Crippen molar-refractivity contribution in [2.24, 2.45) is 0 Å². The zero-order chi connectivity index (χ0) is 22.3. The summed E-state index contributed by atoms with van der Waals surface area (Å²) in [6, 6.07) is 7.56. The maximum atomic E-state index is 12.4. The van der Waals surface area contributed by atoms with Crippen molar-refractivity contribution >= 4 is 23.5 Å². The second-order valence-corrected chi connectivity index (χ2v) is 6.12. The molecule has 2 rings (SSSR count). The van der Waals surface area contributed by atoms with Crippen molar-refractivity contribution < 1.29 is 38.1 Å². The smallest absolute Gasteiger partial charge is 0.337 e. The van der Waals surface area contributed by atoms with Gasteiger partial charge in [-0.2, -0.15) is 0 Å². The van der Waals surface area contributed by atoms with E-state index in [1.807, 2.05) is 6.92 Å². The number of nitrogens with one attached hydrogen (secondary N) is 1. The number of ether oxygens (including phenoxy) is 5. The van der Waals surface area contributed by atoms with Crippen LogP contribution in [-0.2, 0) is 14.3 Å². The lowest BCUT2D eigenvalue weighted by atomic mass is 10.1. The average molecular weight is 417 g/mol. The van der Waals surface area contributed by atoms with Crippen LogP contribution >= 0.6 is 0 Å². The fourth-order valence-electron chi connectivity index (χ4n) is 2.66. The van der Waals surface area contributed by atoms with Gasteiger partial charge in [-0.3, -0.25) is 4.79 Å². The van der Waals surface area contributed by atoms with E-state index in [0.717, 1.165) is 5.56 Å². The van der Waals surface area contributed by atoms with Gasteiger partial charge in [0.05, 0.1) is 39.6 Å². The standard InChI is InChI=1S/C21H23NO8/c1-12-6-16(26-2)19(17(7-12)27-3)30-11-18(23)22-15-9-13(20(24)28-4)8-14(10-15)21(25)29-5/h6-10H,11H2,1-5H3,(H,22,23). The van der Waals surface area contributed by atoms with Crippen LogP contribution in [0.25, 0.3) is 0 Å². The number of methoxy groups -OCH3 is 4. The molecule has 30 heavy (non-hydrogen) atoms. The van der Waals surface area contributed by atoms with E-state index >= 15 is 0 Å². The molecular weight excluding hydrogens is 394 g/mol. The minimum Gasteiger partial charge on any atom is -0.493 e. The molecule has 0 saturated carbocycles. The SMILES string of the molecule is COC(=O)c1cc(NC(=O)COc2c(OC)cc(C)cc2OC)cc(C(=O)OC)c1. The number of hydrogen-bond acceptors (Lipinski definition) is 8. The third-order valence-electron chi connectivity index (χ3n) is 4.01. The van der Waals surface area contributed by atoms with Gasteiger partial charge >= 0.3 is 11.9 Å². The van der Waals surface area contributed by atoms with Crippen molar-refractivity contribution in [2.75, 3.05) is 40.4 Å². The first-order chi connectivity index (χ1) is 14.3. The lowest BCUT2D eigenvalue weighted by Gasteiger charge is -2.15. The number of hydrogen-bond donors (Lipinski definition) is 1. The minimum absolute atomic E-state index is 0.0819. The Morgan fingerprint density at radius 1 is 0.800 bits per heavy atom. The van der Waals surface area contributed by atoms with Crippen molar-refractivity contribution in [3.05, 3.63) is 47.0 Å². The van der Waals surface area contributed by atoms with Crippen molar-refractivity contribution in [2.45, 2.75) is 6.92 Å². The molecule has 0 aromatic heterocycles. The Bertz CT molecular complexity index is 895. The van der Waals surface area contributed by atoms with Gasteiger partial charge < -0.3 is 29.0 Å². The monoisotopic (exact) mass is 417 g/mol. The van der Waals surface area contributed by atoms with Gasteiger partial charge in [-0.05, 0) is 42.8 Å². The van der Waals surface area contributed by atoms with Crippen LogP contribution in [0.15, 0.2) is 30.3 Å². The molecule has 0 unspecified atom stereocenters. The molecule has 0 aliphatic heterocycles. The van der Waals surface area contributed by atoms with E-state index in [2.05, 4.69) is 14.8 Å². The van der Waals surface area contributed by atoms with Crippen LogP contribution in [0.2, 0.25) is 0 Å². The summed E-state index contributed by atoms with van der Waals surface area (Å²) in [5.41, 5.74) is 1.27. The van der Waals surface area contributed by atoms with E-state index in [4.69, 9.17) is 14.2 Å². The molecule has 0 fully saturated rings. The highest BCUT2D eigenvalue weighted by atomic mass is 16.5. The molecule has 0 heterocycles. The first-order valence-electron chi connectivity index (χ1n) is 8.79. The van der Waals surface area contributed by atoms with Crippen LogP contribution in [0.4, 0.5) is 5.69 Å². The van der Waals surface area contributed by atoms with Gasteiger partial charge in [0.25, 0.3) is 5.91 Å². The third-order valence-corrected chi connectivity index (χ3v) is 4.01. The molecule has 9 nitrogen and oxygen atoms in total. The van der Waals surface area contributed by atoms with E-state index in [1.54, 1.807) is 12.1 Å².